The Bertz CT molecular complexity index is 958. The molecule has 1 amide bonds. The van der Waals surface area contributed by atoms with Crippen molar-refractivity contribution in [3.63, 3.8) is 0 Å². The highest BCUT2D eigenvalue weighted by Gasteiger charge is 2.21. The van der Waals surface area contributed by atoms with Crippen LogP contribution in [0.2, 0.25) is 0 Å². The molecule has 0 unspecified atom stereocenters. The van der Waals surface area contributed by atoms with E-state index in [1.807, 2.05) is 12.1 Å². The van der Waals surface area contributed by atoms with E-state index in [2.05, 4.69) is 9.72 Å². The molecule has 0 aliphatic carbocycles. The molecule has 0 fully saturated rings. The molecule has 0 saturated carbocycles. The summed E-state index contributed by atoms with van der Waals surface area (Å²) in [6, 6.07) is 10.0. The van der Waals surface area contributed by atoms with Gasteiger partial charge in [0, 0.05) is 11.1 Å². The number of ether oxygens (including phenoxy) is 1. The molecule has 2 aromatic rings. The smallest absolute Gasteiger partial charge is 0.316 e. The van der Waals surface area contributed by atoms with Crippen LogP contribution in [0.3, 0.4) is 0 Å². The maximum absolute atomic E-state index is 11.4. The standard InChI is InChI=1S/C17H13N5O3S/c1-25-13(23)8-26-17-12(7-19)14(11(6-18)15(20)22-17)9-2-4-10(5-3-9)16(21)24/h2-5H,8H2,1H3,(H2,20,22)(H2,21,24). The number of esters is 1. The molecule has 1 heterocycles. The molecule has 0 spiro atoms. The Balaban J connectivity index is 2.64. The van der Waals surface area contributed by atoms with Crippen LogP contribution >= 0.6 is 11.8 Å². The number of benzene rings is 1. The number of nitrogens with zero attached hydrogens (tertiary/aromatic N) is 3. The number of methoxy groups -OCH3 is 1. The van der Waals surface area contributed by atoms with Crippen LogP contribution in [0, 0.1) is 22.7 Å². The second kappa shape index (κ2) is 8.01. The highest BCUT2D eigenvalue weighted by Crippen LogP contribution is 2.35. The quantitative estimate of drug-likeness (QED) is 0.594. The molecule has 0 aliphatic rings. The maximum Gasteiger partial charge on any atom is 0.316 e. The van der Waals surface area contributed by atoms with Crippen LogP contribution in [-0.2, 0) is 9.53 Å². The highest BCUT2D eigenvalue weighted by molar-refractivity contribution is 7.99. The third-order valence-electron chi connectivity index (χ3n) is 3.43. The number of nitriles is 2. The Labute approximate surface area is 153 Å². The summed E-state index contributed by atoms with van der Waals surface area (Å²) < 4.78 is 4.57. The molecule has 2 rings (SSSR count). The molecule has 1 aromatic heterocycles. The fourth-order valence-electron chi connectivity index (χ4n) is 2.18. The lowest BCUT2D eigenvalue weighted by Crippen LogP contribution is -2.10. The van der Waals surface area contributed by atoms with Gasteiger partial charge in [-0.1, -0.05) is 23.9 Å². The third-order valence-corrected chi connectivity index (χ3v) is 4.38. The first-order valence-corrected chi connectivity index (χ1v) is 8.15. The molecule has 130 valence electrons. The lowest BCUT2D eigenvalue weighted by atomic mass is 9.96. The van der Waals surface area contributed by atoms with Crippen molar-refractivity contribution in [3.05, 3.63) is 41.0 Å². The zero-order chi connectivity index (χ0) is 19.3. The Morgan fingerprint density at radius 2 is 1.81 bits per heavy atom. The van der Waals surface area contributed by atoms with E-state index in [-0.39, 0.29) is 38.9 Å². The minimum atomic E-state index is -0.596. The zero-order valence-corrected chi connectivity index (χ0v) is 14.5. The number of hydrogen-bond acceptors (Lipinski definition) is 8. The van der Waals surface area contributed by atoms with Gasteiger partial charge in [0.1, 0.15) is 28.5 Å². The lowest BCUT2D eigenvalue weighted by Gasteiger charge is -2.13. The number of primary amides is 1. The van der Waals surface area contributed by atoms with Crippen LogP contribution in [0.4, 0.5) is 5.82 Å². The molecule has 1 aromatic carbocycles. The molecular weight excluding hydrogens is 354 g/mol. The normalized spacial score (nSPS) is 9.81. The van der Waals surface area contributed by atoms with Gasteiger partial charge < -0.3 is 16.2 Å². The number of amides is 1. The van der Waals surface area contributed by atoms with E-state index in [1.165, 1.54) is 19.2 Å². The first-order valence-electron chi connectivity index (χ1n) is 7.16. The summed E-state index contributed by atoms with van der Waals surface area (Å²) in [6.45, 7) is 0. The fourth-order valence-corrected chi connectivity index (χ4v) is 3.01. The number of carbonyl (C=O) groups is 2. The van der Waals surface area contributed by atoms with Crippen LogP contribution < -0.4 is 11.5 Å². The highest BCUT2D eigenvalue weighted by atomic mass is 32.2. The van der Waals surface area contributed by atoms with E-state index in [1.54, 1.807) is 12.1 Å². The number of hydrogen-bond donors (Lipinski definition) is 2. The minimum absolute atomic E-state index is 0.0378. The van der Waals surface area contributed by atoms with Crippen molar-refractivity contribution in [1.82, 2.24) is 4.98 Å². The lowest BCUT2D eigenvalue weighted by molar-refractivity contribution is -0.137. The first-order chi connectivity index (χ1) is 12.4. The molecule has 9 heteroatoms. The number of nitrogen functional groups attached to an aromatic ring is 1. The molecule has 26 heavy (non-hydrogen) atoms. The van der Waals surface area contributed by atoms with Gasteiger partial charge >= 0.3 is 5.97 Å². The number of rotatable bonds is 5. The van der Waals surface area contributed by atoms with Gasteiger partial charge in [0.25, 0.3) is 0 Å². The van der Waals surface area contributed by atoms with Gasteiger partial charge in [-0.05, 0) is 17.7 Å². The van der Waals surface area contributed by atoms with Crippen molar-refractivity contribution in [2.24, 2.45) is 5.73 Å². The Morgan fingerprint density at radius 1 is 1.19 bits per heavy atom. The Morgan fingerprint density at radius 3 is 2.31 bits per heavy atom. The largest absolute Gasteiger partial charge is 0.468 e. The van der Waals surface area contributed by atoms with Gasteiger partial charge in [0.2, 0.25) is 5.91 Å². The fraction of sp³-hybridized carbons (Fsp3) is 0.118. The van der Waals surface area contributed by atoms with Crippen molar-refractivity contribution < 1.29 is 14.3 Å². The van der Waals surface area contributed by atoms with E-state index < -0.39 is 11.9 Å². The first kappa shape index (κ1) is 18.8. The van der Waals surface area contributed by atoms with Crippen molar-refractivity contribution in [1.29, 1.82) is 10.5 Å². The van der Waals surface area contributed by atoms with Gasteiger partial charge in [0.05, 0.1) is 18.4 Å². The topological polar surface area (TPSA) is 156 Å². The van der Waals surface area contributed by atoms with Gasteiger partial charge in [-0.2, -0.15) is 10.5 Å². The van der Waals surface area contributed by atoms with E-state index in [9.17, 15) is 20.1 Å². The summed E-state index contributed by atoms with van der Waals surface area (Å²) in [5.41, 5.74) is 12.3. The second-order valence-corrected chi connectivity index (χ2v) is 5.92. The molecule has 8 nitrogen and oxygen atoms in total. The summed E-state index contributed by atoms with van der Waals surface area (Å²) in [5, 5.41) is 19.2. The molecule has 0 aliphatic heterocycles. The molecule has 0 saturated heterocycles. The van der Waals surface area contributed by atoms with E-state index in [0.29, 0.717) is 5.56 Å². The average Bonchev–Trinajstić information content (AvgIpc) is 2.65. The van der Waals surface area contributed by atoms with Crippen LogP contribution in [0.1, 0.15) is 21.5 Å². The number of carbonyl (C=O) groups excluding carboxylic acids is 2. The van der Waals surface area contributed by atoms with Gasteiger partial charge in [-0.15, -0.1) is 0 Å². The molecular formula is C17H13N5O3S. The van der Waals surface area contributed by atoms with Gasteiger partial charge in [0.15, 0.2) is 0 Å². The van der Waals surface area contributed by atoms with Crippen molar-refractivity contribution in [2.45, 2.75) is 5.03 Å². The maximum atomic E-state index is 11.4. The van der Waals surface area contributed by atoms with E-state index in [4.69, 9.17) is 11.5 Å². The number of thioether (sulfide) groups is 1. The summed E-state index contributed by atoms with van der Waals surface area (Å²) in [7, 11) is 1.25. The van der Waals surface area contributed by atoms with Crippen molar-refractivity contribution >= 4 is 29.5 Å². The van der Waals surface area contributed by atoms with Crippen LogP contribution in [0.15, 0.2) is 29.3 Å². The summed E-state index contributed by atoms with van der Waals surface area (Å²) in [5.74, 6) is -1.21. The third kappa shape index (κ3) is 3.74. The van der Waals surface area contributed by atoms with Crippen molar-refractivity contribution in [3.8, 4) is 23.3 Å². The number of pyridine rings is 1. The number of anilines is 1. The number of aromatic nitrogens is 1. The Kier molecular flexibility index (Phi) is 5.78. The summed E-state index contributed by atoms with van der Waals surface area (Å²) >= 11 is 0.983. The van der Waals surface area contributed by atoms with Crippen LogP contribution in [-0.4, -0.2) is 29.7 Å². The average molecular weight is 367 g/mol. The molecule has 4 N–H and O–H groups in total. The summed E-state index contributed by atoms with van der Waals surface area (Å²) in [4.78, 5) is 26.7. The minimum Gasteiger partial charge on any atom is -0.468 e. The predicted molar refractivity (Wildman–Crippen MR) is 94.8 cm³/mol. The zero-order valence-electron chi connectivity index (χ0n) is 13.6. The van der Waals surface area contributed by atoms with Gasteiger partial charge in [-0.25, -0.2) is 4.98 Å². The summed E-state index contributed by atoms with van der Waals surface area (Å²) in [6.07, 6.45) is 0. The predicted octanol–water partition coefficient (Wildman–Crippen LogP) is 1.44. The van der Waals surface area contributed by atoms with Crippen LogP contribution in [0.25, 0.3) is 11.1 Å². The van der Waals surface area contributed by atoms with Crippen molar-refractivity contribution in [2.75, 3.05) is 18.6 Å². The Hall–Kier alpha value is -3.56. The van der Waals surface area contributed by atoms with E-state index >= 15 is 0 Å². The molecule has 0 bridgehead atoms. The second-order valence-electron chi connectivity index (χ2n) is 4.96. The number of nitrogens with two attached hydrogens (primary N) is 2. The molecule has 0 radical (unpaired) electrons. The van der Waals surface area contributed by atoms with Gasteiger partial charge in [-0.3, -0.25) is 9.59 Å². The van der Waals surface area contributed by atoms with E-state index in [0.717, 1.165) is 11.8 Å². The molecule has 0 atom stereocenters. The van der Waals surface area contributed by atoms with Crippen LogP contribution in [0.5, 0.6) is 0 Å². The SMILES string of the molecule is COC(=O)CSc1nc(N)c(C#N)c(-c2ccc(C(N)=O)cc2)c1C#N. The monoisotopic (exact) mass is 367 g/mol.